The molecular formula is C12H16N2O. The van der Waals surface area contributed by atoms with Gasteiger partial charge in [-0.15, -0.1) is 0 Å². The molecule has 3 heteroatoms. The number of aromatic amines is 1. The summed E-state index contributed by atoms with van der Waals surface area (Å²) < 4.78 is 0. The van der Waals surface area contributed by atoms with E-state index in [1.165, 1.54) is 16.5 Å². The van der Waals surface area contributed by atoms with Gasteiger partial charge >= 0.3 is 0 Å². The van der Waals surface area contributed by atoms with Gasteiger partial charge in [-0.25, -0.2) is 0 Å². The van der Waals surface area contributed by atoms with E-state index in [9.17, 15) is 0 Å². The van der Waals surface area contributed by atoms with Gasteiger partial charge in [0.15, 0.2) is 0 Å². The van der Waals surface area contributed by atoms with Gasteiger partial charge in [-0.1, -0.05) is 11.6 Å². The van der Waals surface area contributed by atoms with Crippen molar-refractivity contribution in [3.05, 3.63) is 35.5 Å². The van der Waals surface area contributed by atoms with E-state index < -0.39 is 0 Å². The van der Waals surface area contributed by atoms with Crippen LogP contribution in [0.25, 0.3) is 10.9 Å². The quantitative estimate of drug-likeness (QED) is 0.706. The van der Waals surface area contributed by atoms with Crippen molar-refractivity contribution in [2.75, 3.05) is 6.61 Å². The zero-order valence-electron chi connectivity index (χ0n) is 8.83. The van der Waals surface area contributed by atoms with Crippen LogP contribution in [0.15, 0.2) is 24.4 Å². The molecule has 0 saturated carbocycles. The first-order valence-corrected chi connectivity index (χ1v) is 5.13. The molecule has 0 aliphatic heterocycles. The Morgan fingerprint density at radius 1 is 1.47 bits per heavy atom. The molecule has 1 heterocycles. The first-order chi connectivity index (χ1) is 7.20. The first-order valence-electron chi connectivity index (χ1n) is 5.13. The normalized spacial score (nSPS) is 13.3. The lowest BCUT2D eigenvalue weighted by atomic mass is 10.0. The standard InChI is InChI=1S/C12H16N2O/c1-8-2-3-12-11(4-8)9(6-14-12)5-10(13)7-15/h2-4,6,10,14-15H,5,7,13H2,1H3. The average molecular weight is 204 g/mol. The maximum absolute atomic E-state index is 8.93. The Labute approximate surface area is 88.9 Å². The van der Waals surface area contributed by atoms with Crippen molar-refractivity contribution in [2.45, 2.75) is 19.4 Å². The lowest BCUT2D eigenvalue weighted by molar-refractivity contribution is 0.265. The van der Waals surface area contributed by atoms with Gasteiger partial charge in [-0.2, -0.15) is 0 Å². The summed E-state index contributed by atoms with van der Waals surface area (Å²) in [7, 11) is 0. The molecule has 1 aromatic heterocycles. The molecule has 0 amide bonds. The Morgan fingerprint density at radius 3 is 3.00 bits per heavy atom. The number of benzene rings is 1. The molecule has 4 N–H and O–H groups in total. The zero-order valence-corrected chi connectivity index (χ0v) is 8.83. The minimum Gasteiger partial charge on any atom is -0.395 e. The number of fused-ring (bicyclic) bond motifs is 1. The van der Waals surface area contributed by atoms with E-state index in [2.05, 4.69) is 30.1 Å². The number of aryl methyl sites for hydroxylation is 1. The summed E-state index contributed by atoms with van der Waals surface area (Å²) in [5, 5.41) is 10.1. The Morgan fingerprint density at radius 2 is 2.27 bits per heavy atom. The lowest BCUT2D eigenvalue weighted by Crippen LogP contribution is -2.26. The topological polar surface area (TPSA) is 62.0 Å². The third-order valence-corrected chi connectivity index (χ3v) is 2.64. The maximum atomic E-state index is 8.93. The molecule has 0 aliphatic rings. The van der Waals surface area contributed by atoms with Crippen LogP contribution in [0.2, 0.25) is 0 Å². The van der Waals surface area contributed by atoms with Crippen LogP contribution < -0.4 is 5.73 Å². The summed E-state index contributed by atoms with van der Waals surface area (Å²) >= 11 is 0. The fraction of sp³-hybridized carbons (Fsp3) is 0.333. The van der Waals surface area contributed by atoms with Crippen LogP contribution >= 0.6 is 0 Å². The summed E-state index contributed by atoms with van der Waals surface area (Å²) in [5.74, 6) is 0. The molecule has 0 aliphatic carbocycles. The molecule has 1 atom stereocenters. The predicted octanol–water partition coefficient (Wildman–Crippen LogP) is 1.34. The highest BCUT2D eigenvalue weighted by Gasteiger charge is 2.07. The molecule has 1 unspecified atom stereocenters. The Bertz CT molecular complexity index is 462. The molecule has 0 radical (unpaired) electrons. The second-order valence-corrected chi connectivity index (χ2v) is 4.01. The highest BCUT2D eigenvalue weighted by molar-refractivity contribution is 5.83. The van der Waals surface area contributed by atoms with Crippen LogP contribution in [-0.4, -0.2) is 22.7 Å². The van der Waals surface area contributed by atoms with Gasteiger partial charge in [-0.05, 0) is 31.0 Å². The number of aliphatic hydroxyl groups is 1. The monoisotopic (exact) mass is 204 g/mol. The largest absolute Gasteiger partial charge is 0.395 e. The number of aliphatic hydroxyl groups excluding tert-OH is 1. The van der Waals surface area contributed by atoms with Gasteiger partial charge in [0.1, 0.15) is 0 Å². The van der Waals surface area contributed by atoms with E-state index >= 15 is 0 Å². The third-order valence-electron chi connectivity index (χ3n) is 2.64. The van der Waals surface area contributed by atoms with Crippen molar-refractivity contribution in [3.63, 3.8) is 0 Å². The summed E-state index contributed by atoms with van der Waals surface area (Å²) in [6.07, 6.45) is 2.68. The molecule has 2 rings (SSSR count). The molecule has 0 bridgehead atoms. The summed E-state index contributed by atoms with van der Waals surface area (Å²) in [6, 6.07) is 6.11. The van der Waals surface area contributed by atoms with Crippen molar-refractivity contribution in [3.8, 4) is 0 Å². The SMILES string of the molecule is Cc1ccc2[nH]cc(CC(N)CO)c2c1. The van der Waals surface area contributed by atoms with E-state index in [1.54, 1.807) is 0 Å². The number of rotatable bonds is 3. The molecule has 80 valence electrons. The van der Waals surface area contributed by atoms with Crippen molar-refractivity contribution in [1.29, 1.82) is 0 Å². The van der Waals surface area contributed by atoms with E-state index in [0.29, 0.717) is 6.42 Å². The maximum Gasteiger partial charge on any atom is 0.0585 e. The third kappa shape index (κ3) is 2.03. The van der Waals surface area contributed by atoms with Crippen LogP contribution in [0.1, 0.15) is 11.1 Å². The Hall–Kier alpha value is -1.32. The van der Waals surface area contributed by atoms with Crippen LogP contribution in [0.3, 0.4) is 0 Å². The molecule has 15 heavy (non-hydrogen) atoms. The van der Waals surface area contributed by atoms with E-state index in [0.717, 1.165) is 5.52 Å². The average Bonchev–Trinajstić information content (AvgIpc) is 2.61. The van der Waals surface area contributed by atoms with Crippen LogP contribution in [0.4, 0.5) is 0 Å². The van der Waals surface area contributed by atoms with Gasteiger partial charge in [0.05, 0.1) is 6.61 Å². The van der Waals surface area contributed by atoms with Crippen molar-refractivity contribution < 1.29 is 5.11 Å². The van der Waals surface area contributed by atoms with Gasteiger partial charge in [0, 0.05) is 23.1 Å². The van der Waals surface area contributed by atoms with Gasteiger partial charge in [-0.3, -0.25) is 0 Å². The fourth-order valence-electron chi connectivity index (χ4n) is 1.81. The molecule has 2 aromatic rings. The highest BCUT2D eigenvalue weighted by atomic mass is 16.3. The molecule has 0 fully saturated rings. The smallest absolute Gasteiger partial charge is 0.0585 e. The zero-order chi connectivity index (χ0) is 10.8. The number of nitrogens with one attached hydrogen (secondary N) is 1. The molecule has 0 saturated heterocycles. The molecule has 3 nitrogen and oxygen atoms in total. The number of nitrogens with two attached hydrogens (primary N) is 1. The van der Waals surface area contributed by atoms with Gasteiger partial charge < -0.3 is 15.8 Å². The fourth-order valence-corrected chi connectivity index (χ4v) is 1.81. The minimum atomic E-state index is -0.176. The highest BCUT2D eigenvalue weighted by Crippen LogP contribution is 2.20. The van der Waals surface area contributed by atoms with Crippen LogP contribution in [0, 0.1) is 6.92 Å². The summed E-state index contributed by atoms with van der Waals surface area (Å²) in [4.78, 5) is 3.21. The number of H-pyrrole nitrogens is 1. The summed E-state index contributed by atoms with van der Waals surface area (Å²) in [6.45, 7) is 2.10. The number of aromatic nitrogens is 1. The van der Waals surface area contributed by atoms with Gasteiger partial charge in [0.25, 0.3) is 0 Å². The lowest BCUT2D eigenvalue weighted by Gasteiger charge is -2.06. The van der Waals surface area contributed by atoms with Crippen molar-refractivity contribution in [2.24, 2.45) is 5.73 Å². The molecular weight excluding hydrogens is 188 g/mol. The molecule has 0 spiro atoms. The summed E-state index contributed by atoms with van der Waals surface area (Å²) in [5.41, 5.74) is 9.27. The van der Waals surface area contributed by atoms with Crippen LogP contribution in [0.5, 0.6) is 0 Å². The second-order valence-electron chi connectivity index (χ2n) is 4.01. The van der Waals surface area contributed by atoms with E-state index in [4.69, 9.17) is 10.8 Å². The second kappa shape index (κ2) is 4.04. The van der Waals surface area contributed by atoms with Crippen molar-refractivity contribution >= 4 is 10.9 Å². The van der Waals surface area contributed by atoms with E-state index in [-0.39, 0.29) is 12.6 Å². The number of hydrogen-bond donors (Lipinski definition) is 3. The van der Waals surface area contributed by atoms with Gasteiger partial charge in [0.2, 0.25) is 0 Å². The Balaban J connectivity index is 2.39. The minimum absolute atomic E-state index is 0.0263. The van der Waals surface area contributed by atoms with E-state index in [1.807, 2.05) is 6.20 Å². The Kier molecular flexibility index (Phi) is 2.75. The molecule has 1 aromatic carbocycles. The first kappa shape index (κ1) is 10.2. The number of hydrogen-bond acceptors (Lipinski definition) is 2. The van der Waals surface area contributed by atoms with Crippen LogP contribution in [-0.2, 0) is 6.42 Å². The van der Waals surface area contributed by atoms with Crippen molar-refractivity contribution in [1.82, 2.24) is 4.98 Å². The predicted molar refractivity (Wildman–Crippen MR) is 61.8 cm³/mol.